The van der Waals surface area contributed by atoms with E-state index >= 15 is 0 Å². The molecule has 0 saturated carbocycles. The van der Waals surface area contributed by atoms with Crippen molar-refractivity contribution in [3.05, 3.63) is 47.3 Å². The molecule has 168 valence electrons. The van der Waals surface area contributed by atoms with Crippen LogP contribution in [0, 0.1) is 13.8 Å². The third-order valence-corrected chi connectivity index (χ3v) is 5.79. The molecule has 31 heavy (non-hydrogen) atoms. The summed E-state index contributed by atoms with van der Waals surface area (Å²) < 4.78 is 7.28. The molecule has 7 heteroatoms. The molecule has 1 N–H and O–H groups in total. The van der Waals surface area contributed by atoms with Crippen LogP contribution in [0.1, 0.15) is 57.5 Å². The number of piperidine rings is 1. The first kappa shape index (κ1) is 22.8. The highest BCUT2D eigenvalue weighted by atomic mass is 16.6. The van der Waals surface area contributed by atoms with E-state index in [1.165, 1.54) is 0 Å². The number of rotatable bonds is 4. The molecule has 2 amide bonds. The number of ether oxygens (including phenoxy) is 1. The number of aromatic nitrogens is 2. The predicted octanol–water partition coefficient (Wildman–Crippen LogP) is 3.94. The molecule has 7 nitrogen and oxygen atoms in total. The molecule has 1 saturated heterocycles. The fraction of sp³-hybridized carbons (Fsp3) is 0.542. The van der Waals surface area contributed by atoms with Gasteiger partial charge in [0.25, 0.3) is 0 Å². The van der Waals surface area contributed by atoms with Crippen LogP contribution in [-0.2, 0) is 16.0 Å². The van der Waals surface area contributed by atoms with Gasteiger partial charge in [-0.1, -0.05) is 18.2 Å². The summed E-state index contributed by atoms with van der Waals surface area (Å²) in [5.74, 6) is 0.0955. The SMILES string of the molecule is Cc1nn(-c2ccccc2)c(C)c1CC(=O)N1CCC(C)(NC(=O)OC(C)(C)C)CC1. The first-order chi connectivity index (χ1) is 14.5. The van der Waals surface area contributed by atoms with E-state index in [1.807, 2.05) is 81.5 Å². The number of nitrogens with zero attached hydrogens (tertiary/aromatic N) is 3. The van der Waals surface area contributed by atoms with E-state index in [1.54, 1.807) is 0 Å². The van der Waals surface area contributed by atoms with Crippen LogP contribution in [0.2, 0.25) is 0 Å². The van der Waals surface area contributed by atoms with Gasteiger partial charge in [-0.05, 0) is 66.5 Å². The largest absolute Gasteiger partial charge is 0.444 e. The van der Waals surface area contributed by atoms with Crippen molar-refractivity contribution in [1.29, 1.82) is 0 Å². The highest BCUT2D eigenvalue weighted by Gasteiger charge is 2.34. The molecule has 2 aromatic rings. The Bertz CT molecular complexity index is 936. The molecule has 0 bridgehead atoms. The molecule has 0 radical (unpaired) electrons. The summed E-state index contributed by atoms with van der Waals surface area (Å²) in [4.78, 5) is 27.1. The molecule has 3 rings (SSSR count). The van der Waals surface area contributed by atoms with Gasteiger partial charge < -0.3 is 15.0 Å². The van der Waals surface area contributed by atoms with Crippen molar-refractivity contribution in [2.24, 2.45) is 0 Å². The average Bonchev–Trinajstić information content (AvgIpc) is 2.95. The molecule has 0 aliphatic carbocycles. The second-order valence-corrected chi connectivity index (χ2v) is 9.64. The van der Waals surface area contributed by atoms with Crippen LogP contribution < -0.4 is 5.32 Å². The maximum Gasteiger partial charge on any atom is 0.408 e. The number of benzene rings is 1. The van der Waals surface area contributed by atoms with Crippen LogP contribution in [-0.4, -0.2) is 50.9 Å². The summed E-state index contributed by atoms with van der Waals surface area (Å²) in [5.41, 5.74) is 2.94. The molecule has 1 aromatic carbocycles. The lowest BCUT2D eigenvalue weighted by molar-refractivity contribution is -0.132. The third kappa shape index (κ3) is 5.66. The van der Waals surface area contributed by atoms with E-state index in [0.29, 0.717) is 32.4 Å². The normalized spacial score (nSPS) is 16.1. The molecule has 1 aliphatic rings. The Balaban J connectivity index is 1.61. The van der Waals surface area contributed by atoms with Crippen molar-refractivity contribution in [3.8, 4) is 5.69 Å². The van der Waals surface area contributed by atoms with Gasteiger partial charge in [0, 0.05) is 29.9 Å². The van der Waals surface area contributed by atoms with Gasteiger partial charge in [0.05, 0.1) is 17.8 Å². The van der Waals surface area contributed by atoms with Gasteiger partial charge in [0.2, 0.25) is 5.91 Å². The standard InChI is InChI=1S/C24H34N4O3/c1-17-20(18(2)28(26-17)19-10-8-7-9-11-19)16-21(29)27-14-12-24(6,13-15-27)25-22(30)31-23(3,4)5/h7-11H,12-16H2,1-6H3,(H,25,30). The zero-order valence-corrected chi connectivity index (χ0v) is 19.5. The molecule has 0 spiro atoms. The Morgan fingerprint density at radius 2 is 1.74 bits per heavy atom. The van der Waals surface area contributed by atoms with Gasteiger partial charge in [-0.15, -0.1) is 0 Å². The number of amides is 2. The van der Waals surface area contributed by atoms with Crippen LogP contribution in [0.5, 0.6) is 0 Å². The predicted molar refractivity (Wildman–Crippen MR) is 120 cm³/mol. The van der Waals surface area contributed by atoms with Gasteiger partial charge in [-0.25, -0.2) is 9.48 Å². The Kier molecular flexibility index (Phi) is 6.43. The number of likely N-dealkylation sites (tertiary alicyclic amines) is 1. The fourth-order valence-electron chi connectivity index (χ4n) is 3.94. The summed E-state index contributed by atoms with van der Waals surface area (Å²) in [6.07, 6.45) is 1.31. The number of carbonyl (C=O) groups excluding carboxylic acids is 2. The van der Waals surface area contributed by atoms with Crippen LogP contribution in [0.25, 0.3) is 5.69 Å². The second-order valence-electron chi connectivity index (χ2n) is 9.64. The van der Waals surface area contributed by atoms with Crippen LogP contribution >= 0.6 is 0 Å². The van der Waals surface area contributed by atoms with E-state index in [9.17, 15) is 9.59 Å². The molecule has 0 unspecified atom stereocenters. The maximum atomic E-state index is 13.0. The van der Waals surface area contributed by atoms with Crippen molar-refractivity contribution < 1.29 is 14.3 Å². The number of aryl methyl sites for hydroxylation is 1. The van der Waals surface area contributed by atoms with Crippen LogP contribution in [0.3, 0.4) is 0 Å². The zero-order chi connectivity index (χ0) is 22.8. The minimum Gasteiger partial charge on any atom is -0.444 e. The van der Waals surface area contributed by atoms with Crippen LogP contribution in [0.15, 0.2) is 30.3 Å². The number of alkyl carbamates (subject to hydrolysis) is 1. The smallest absolute Gasteiger partial charge is 0.408 e. The van der Waals surface area contributed by atoms with Gasteiger partial charge in [-0.3, -0.25) is 4.79 Å². The number of nitrogens with one attached hydrogen (secondary N) is 1. The topological polar surface area (TPSA) is 76.5 Å². The molecular formula is C24H34N4O3. The number of para-hydroxylation sites is 1. The van der Waals surface area contributed by atoms with Gasteiger partial charge in [0.1, 0.15) is 5.60 Å². The Morgan fingerprint density at radius 1 is 1.13 bits per heavy atom. The maximum absolute atomic E-state index is 13.0. The van der Waals surface area contributed by atoms with Crippen molar-refractivity contribution in [2.75, 3.05) is 13.1 Å². The lowest BCUT2D eigenvalue weighted by atomic mass is 9.89. The van der Waals surface area contributed by atoms with Crippen LogP contribution in [0.4, 0.5) is 4.79 Å². The second kappa shape index (κ2) is 8.73. The van der Waals surface area contributed by atoms with E-state index in [2.05, 4.69) is 10.4 Å². The molecule has 1 fully saturated rings. The molecule has 1 aromatic heterocycles. The number of hydrogen-bond acceptors (Lipinski definition) is 4. The number of hydrogen-bond donors (Lipinski definition) is 1. The van der Waals surface area contributed by atoms with E-state index < -0.39 is 11.7 Å². The van der Waals surface area contributed by atoms with E-state index in [4.69, 9.17) is 4.74 Å². The van der Waals surface area contributed by atoms with E-state index in [-0.39, 0.29) is 11.4 Å². The third-order valence-electron chi connectivity index (χ3n) is 5.79. The Hall–Kier alpha value is -2.83. The Labute approximate surface area is 184 Å². The van der Waals surface area contributed by atoms with Gasteiger partial charge in [-0.2, -0.15) is 5.10 Å². The van der Waals surface area contributed by atoms with E-state index in [0.717, 1.165) is 22.6 Å². The molecule has 1 aliphatic heterocycles. The summed E-state index contributed by atoms with van der Waals surface area (Å²) in [6.45, 7) is 12.7. The molecule has 0 atom stereocenters. The van der Waals surface area contributed by atoms with Crippen molar-refractivity contribution in [1.82, 2.24) is 20.0 Å². The highest BCUT2D eigenvalue weighted by molar-refractivity contribution is 5.79. The fourth-order valence-corrected chi connectivity index (χ4v) is 3.94. The van der Waals surface area contributed by atoms with Crippen molar-refractivity contribution in [2.45, 2.75) is 71.9 Å². The van der Waals surface area contributed by atoms with Crippen molar-refractivity contribution >= 4 is 12.0 Å². The first-order valence-corrected chi connectivity index (χ1v) is 10.9. The van der Waals surface area contributed by atoms with Gasteiger partial charge in [0.15, 0.2) is 0 Å². The molecule has 2 heterocycles. The first-order valence-electron chi connectivity index (χ1n) is 10.9. The summed E-state index contributed by atoms with van der Waals surface area (Å²) in [5, 5.41) is 7.64. The lowest BCUT2D eigenvalue weighted by Gasteiger charge is -2.40. The van der Waals surface area contributed by atoms with Crippen molar-refractivity contribution in [3.63, 3.8) is 0 Å². The Morgan fingerprint density at radius 3 is 2.32 bits per heavy atom. The minimum atomic E-state index is -0.531. The quantitative estimate of drug-likeness (QED) is 0.803. The minimum absolute atomic E-state index is 0.0955. The monoisotopic (exact) mass is 426 g/mol. The zero-order valence-electron chi connectivity index (χ0n) is 19.5. The summed E-state index contributed by atoms with van der Waals surface area (Å²) >= 11 is 0. The average molecular weight is 427 g/mol. The molecular weight excluding hydrogens is 392 g/mol. The summed E-state index contributed by atoms with van der Waals surface area (Å²) in [7, 11) is 0. The number of carbonyl (C=O) groups is 2. The summed E-state index contributed by atoms with van der Waals surface area (Å²) in [6, 6.07) is 9.95. The highest BCUT2D eigenvalue weighted by Crippen LogP contribution is 2.24. The van der Waals surface area contributed by atoms with Gasteiger partial charge >= 0.3 is 6.09 Å². The lowest BCUT2D eigenvalue weighted by Crippen LogP contribution is -2.55.